The minimum absolute atomic E-state index is 0.0663. The van der Waals surface area contributed by atoms with Crippen molar-refractivity contribution in [1.82, 2.24) is 20.1 Å². The van der Waals surface area contributed by atoms with E-state index in [0.717, 1.165) is 6.07 Å². The normalized spacial score (nSPS) is 11.5. The number of carbonyl (C=O) groups is 1. The average Bonchev–Trinajstić information content (AvgIpc) is 2.98. The van der Waals surface area contributed by atoms with E-state index in [9.17, 15) is 18.0 Å². The number of carbonyl (C=O) groups excluding carboxylic acids is 1. The van der Waals surface area contributed by atoms with Crippen molar-refractivity contribution in [3.63, 3.8) is 0 Å². The maximum Gasteiger partial charge on any atom is 0.416 e. The minimum Gasteiger partial charge on any atom is -0.383 e. The van der Waals surface area contributed by atoms with Gasteiger partial charge in [-0.15, -0.1) is 10.2 Å². The maximum absolute atomic E-state index is 12.9. The highest BCUT2D eigenvalue weighted by atomic mass is 19.4. The number of rotatable bonds is 7. The molecule has 2 rings (SSSR count). The van der Waals surface area contributed by atoms with E-state index in [4.69, 9.17) is 4.74 Å². The summed E-state index contributed by atoms with van der Waals surface area (Å²) in [5, 5.41) is 10.2. The highest BCUT2D eigenvalue weighted by Gasteiger charge is 2.33. The Morgan fingerprint density at radius 3 is 2.79 bits per heavy atom. The Labute approximate surface area is 136 Å². The highest BCUT2D eigenvalue weighted by Crippen LogP contribution is 2.31. The Morgan fingerprint density at radius 1 is 1.33 bits per heavy atom. The number of nitrogens with zero attached hydrogens (tertiary/aromatic N) is 3. The van der Waals surface area contributed by atoms with Crippen LogP contribution in [0.15, 0.2) is 30.6 Å². The number of halogens is 3. The lowest BCUT2D eigenvalue weighted by molar-refractivity contribution is -0.138. The molecule has 0 aliphatic rings. The van der Waals surface area contributed by atoms with Gasteiger partial charge in [-0.05, 0) is 11.6 Å². The first-order valence-corrected chi connectivity index (χ1v) is 7.19. The third-order valence-electron chi connectivity index (χ3n) is 3.35. The monoisotopic (exact) mass is 342 g/mol. The van der Waals surface area contributed by atoms with Gasteiger partial charge in [-0.3, -0.25) is 4.79 Å². The molecule has 1 aromatic carbocycles. The Kier molecular flexibility index (Phi) is 5.91. The van der Waals surface area contributed by atoms with Crippen LogP contribution in [0.25, 0.3) is 0 Å². The Balaban J connectivity index is 1.97. The van der Waals surface area contributed by atoms with Crippen molar-refractivity contribution in [2.24, 2.45) is 0 Å². The van der Waals surface area contributed by atoms with Crippen LogP contribution in [-0.4, -0.2) is 34.4 Å². The van der Waals surface area contributed by atoms with Gasteiger partial charge in [0, 0.05) is 13.7 Å². The number of nitrogens with one attached hydrogen (secondary N) is 1. The minimum atomic E-state index is -4.49. The first-order chi connectivity index (χ1) is 11.4. The molecule has 0 saturated heterocycles. The highest BCUT2D eigenvalue weighted by molar-refractivity contribution is 5.78. The molecule has 9 heteroatoms. The Bertz CT molecular complexity index is 685. The first-order valence-electron chi connectivity index (χ1n) is 7.19. The lowest BCUT2D eigenvalue weighted by atomic mass is 10.0. The molecule has 0 radical (unpaired) electrons. The maximum atomic E-state index is 12.9. The molecule has 130 valence electrons. The van der Waals surface area contributed by atoms with Gasteiger partial charge in [0.25, 0.3) is 0 Å². The summed E-state index contributed by atoms with van der Waals surface area (Å²) in [6.45, 7) is 1.06. The lowest BCUT2D eigenvalue weighted by Gasteiger charge is -2.12. The molecular weight excluding hydrogens is 325 g/mol. The molecule has 0 aliphatic carbocycles. The summed E-state index contributed by atoms with van der Waals surface area (Å²) in [6.07, 6.45) is -3.35. The van der Waals surface area contributed by atoms with Crippen molar-refractivity contribution in [2.45, 2.75) is 25.7 Å². The Morgan fingerprint density at radius 2 is 2.08 bits per heavy atom. The molecule has 2 aromatic rings. The van der Waals surface area contributed by atoms with Gasteiger partial charge in [0.05, 0.1) is 25.1 Å². The number of amides is 1. The molecule has 1 amide bonds. The van der Waals surface area contributed by atoms with Crippen molar-refractivity contribution in [2.75, 3.05) is 13.7 Å². The molecule has 6 nitrogen and oxygen atoms in total. The van der Waals surface area contributed by atoms with Crippen LogP contribution in [0.2, 0.25) is 0 Å². The molecule has 0 unspecified atom stereocenters. The molecule has 0 bridgehead atoms. The molecule has 0 saturated carbocycles. The second-order valence-electron chi connectivity index (χ2n) is 5.04. The number of hydrogen-bond acceptors (Lipinski definition) is 4. The van der Waals surface area contributed by atoms with E-state index < -0.39 is 17.6 Å². The van der Waals surface area contributed by atoms with Crippen LogP contribution in [0.4, 0.5) is 13.2 Å². The van der Waals surface area contributed by atoms with Crippen LogP contribution in [0.3, 0.4) is 0 Å². The number of hydrogen-bond donors (Lipinski definition) is 1. The van der Waals surface area contributed by atoms with Crippen LogP contribution in [0.5, 0.6) is 0 Å². The molecule has 1 heterocycles. The predicted octanol–water partition coefficient (Wildman–Crippen LogP) is 1.80. The fraction of sp³-hybridized carbons (Fsp3) is 0.400. The molecule has 1 N–H and O–H groups in total. The number of benzene rings is 1. The van der Waals surface area contributed by atoms with Gasteiger partial charge in [0.2, 0.25) is 5.91 Å². The molecule has 24 heavy (non-hydrogen) atoms. The van der Waals surface area contributed by atoms with E-state index in [1.54, 1.807) is 11.7 Å². The quantitative estimate of drug-likeness (QED) is 0.833. The van der Waals surface area contributed by atoms with Crippen molar-refractivity contribution in [3.8, 4) is 0 Å². The Hall–Kier alpha value is -2.42. The van der Waals surface area contributed by atoms with Crippen molar-refractivity contribution < 1.29 is 22.7 Å². The molecular formula is C15H17F3N4O2. The molecule has 0 spiro atoms. The third-order valence-corrected chi connectivity index (χ3v) is 3.35. The van der Waals surface area contributed by atoms with Gasteiger partial charge in [0.1, 0.15) is 6.33 Å². The van der Waals surface area contributed by atoms with Gasteiger partial charge >= 0.3 is 6.18 Å². The van der Waals surface area contributed by atoms with Crippen LogP contribution < -0.4 is 5.32 Å². The van der Waals surface area contributed by atoms with E-state index >= 15 is 0 Å². The van der Waals surface area contributed by atoms with Gasteiger partial charge in [0.15, 0.2) is 5.82 Å². The summed E-state index contributed by atoms with van der Waals surface area (Å²) in [4.78, 5) is 12.0. The largest absolute Gasteiger partial charge is 0.416 e. The van der Waals surface area contributed by atoms with E-state index in [2.05, 4.69) is 15.5 Å². The zero-order valence-electron chi connectivity index (χ0n) is 13.0. The van der Waals surface area contributed by atoms with E-state index in [1.165, 1.54) is 24.5 Å². The van der Waals surface area contributed by atoms with E-state index in [-0.39, 0.29) is 18.5 Å². The van der Waals surface area contributed by atoms with Gasteiger partial charge in [-0.2, -0.15) is 13.2 Å². The molecule has 0 atom stereocenters. The van der Waals surface area contributed by atoms with E-state index in [1.807, 2.05) is 0 Å². The summed E-state index contributed by atoms with van der Waals surface area (Å²) in [7, 11) is 1.56. The number of aromatic nitrogens is 3. The van der Waals surface area contributed by atoms with Crippen molar-refractivity contribution in [1.29, 1.82) is 0 Å². The van der Waals surface area contributed by atoms with Crippen molar-refractivity contribution >= 4 is 5.91 Å². The molecule has 0 aliphatic heterocycles. The number of alkyl halides is 3. The van der Waals surface area contributed by atoms with Crippen LogP contribution in [-0.2, 0) is 35.2 Å². The van der Waals surface area contributed by atoms with Crippen molar-refractivity contribution in [3.05, 3.63) is 47.5 Å². The standard InChI is InChI=1S/C15H17F3N4O2/c1-24-7-6-22-10-20-21-13(22)9-19-14(23)8-11-4-2-3-5-12(11)15(16,17)18/h2-5,10H,6-9H2,1H3,(H,19,23). The first kappa shape index (κ1) is 17.9. The van der Waals surface area contributed by atoms with Gasteiger partial charge in [-0.1, -0.05) is 18.2 Å². The van der Waals surface area contributed by atoms with E-state index in [0.29, 0.717) is 19.0 Å². The van der Waals surface area contributed by atoms with Crippen LogP contribution >= 0.6 is 0 Å². The van der Waals surface area contributed by atoms with Crippen LogP contribution in [0, 0.1) is 0 Å². The summed E-state index contributed by atoms with van der Waals surface area (Å²) in [5.41, 5.74) is -0.869. The second kappa shape index (κ2) is 7.91. The lowest BCUT2D eigenvalue weighted by Crippen LogP contribution is -2.27. The fourth-order valence-corrected chi connectivity index (χ4v) is 2.16. The van der Waals surface area contributed by atoms with Gasteiger partial charge < -0.3 is 14.6 Å². The summed E-state index contributed by atoms with van der Waals surface area (Å²) >= 11 is 0. The molecule has 1 aromatic heterocycles. The van der Waals surface area contributed by atoms with Gasteiger partial charge in [-0.25, -0.2) is 0 Å². The number of methoxy groups -OCH3 is 1. The second-order valence-corrected chi connectivity index (χ2v) is 5.04. The average molecular weight is 342 g/mol. The zero-order chi connectivity index (χ0) is 17.6. The summed E-state index contributed by atoms with van der Waals surface area (Å²) in [5.74, 6) is -0.0162. The molecule has 0 fully saturated rings. The fourth-order valence-electron chi connectivity index (χ4n) is 2.16. The summed E-state index contributed by atoms with van der Waals surface area (Å²) in [6, 6.07) is 5.02. The number of ether oxygens (including phenoxy) is 1. The third kappa shape index (κ3) is 4.79. The predicted molar refractivity (Wildman–Crippen MR) is 78.9 cm³/mol. The summed E-state index contributed by atoms with van der Waals surface area (Å²) < 4.78 is 45.4. The smallest absolute Gasteiger partial charge is 0.383 e. The SMILES string of the molecule is COCCn1cnnc1CNC(=O)Cc1ccccc1C(F)(F)F. The topological polar surface area (TPSA) is 69.0 Å². The van der Waals surface area contributed by atoms with Crippen LogP contribution in [0.1, 0.15) is 17.0 Å². The zero-order valence-corrected chi connectivity index (χ0v) is 13.0.